The Hall–Kier alpha value is -1.32. The van der Waals surface area contributed by atoms with Crippen LogP contribution in [0.3, 0.4) is 0 Å². The van der Waals surface area contributed by atoms with Gasteiger partial charge in [-0.2, -0.15) is 4.98 Å². The van der Waals surface area contributed by atoms with E-state index < -0.39 is 0 Å². The second-order valence-corrected chi connectivity index (χ2v) is 6.07. The average molecular weight is 276 g/mol. The predicted molar refractivity (Wildman–Crippen MR) is 85.4 cm³/mol. The van der Waals surface area contributed by atoms with Crippen LogP contribution in [0.15, 0.2) is 6.20 Å². The molecule has 1 N–H and O–H groups in total. The van der Waals surface area contributed by atoms with E-state index in [0.29, 0.717) is 6.04 Å². The summed E-state index contributed by atoms with van der Waals surface area (Å²) in [5.41, 5.74) is 1.16. The molecular formula is C16H28N4. The van der Waals surface area contributed by atoms with Crippen molar-refractivity contribution in [2.75, 3.05) is 23.8 Å². The van der Waals surface area contributed by atoms with Crippen LogP contribution in [0.4, 0.5) is 11.8 Å². The SMILES string of the molecule is CCCNc1ncc(C)c(N(C)C2CCCCC2C)n1. The fourth-order valence-corrected chi connectivity index (χ4v) is 3.14. The molecule has 1 fully saturated rings. The molecule has 1 heterocycles. The third-order valence-corrected chi connectivity index (χ3v) is 4.38. The van der Waals surface area contributed by atoms with Crippen molar-refractivity contribution >= 4 is 11.8 Å². The van der Waals surface area contributed by atoms with Crippen molar-refractivity contribution in [3.05, 3.63) is 11.8 Å². The molecule has 112 valence electrons. The van der Waals surface area contributed by atoms with E-state index in [-0.39, 0.29) is 0 Å². The van der Waals surface area contributed by atoms with E-state index in [9.17, 15) is 0 Å². The van der Waals surface area contributed by atoms with Crippen LogP contribution in [0.1, 0.15) is 51.5 Å². The summed E-state index contributed by atoms with van der Waals surface area (Å²) >= 11 is 0. The van der Waals surface area contributed by atoms with Crippen molar-refractivity contribution < 1.29 is 0 Å². The van der Waals surface area contributed by atoms with Crippen LogP contribution in [0.2, 0.25) is 0 Å². The Morgan fingerprint density at radius 2 is 2.10 bits per heavy atom. The third kappa shape index (κ3) is 3.41. The van der Waals surface area contributed by atoms with Gasteiger partial charge in [0.05, 0.1) is 0 Å². The molecule has 4 nitrogen and oxygen atoms in total. The standard InChI is InChI=1S/C16H28N4/c1-5-10-17-16-18-11-13(3)15(19-16)20(4)14-9-7-6-8-12(14)2/h11-12,14H,5-10H2,1-4H3,(H,17,18,19). The maximum atomic E-state index is 4.72. The van der Waals surface area contributed by atoms with Gasteiger partial charge in [-0.15, -0.1) is 0 Å². The molecule has 0 bridgehead atoms. The van der Waals surface area contributed by atoms with E-state index in [0.717, 1.165) is 36.2 Å². The highest BCUT2D eigenvalue weighted by atomic mass is 15.2. The Morgan fingerprint density at radius 3 is 2.80 bits per heavy atom. The van der Waals surface area contributed by atoms with Gasteiger partial charge < -0.3 is 10.2 Å². The monoisotopic (exact) mass is 276 g/mol. The van der Waals surface area contributed by atoms with Gasteiger partial charge in [0.2, 0.25) is 5.95 Å². The van der Waals surface area contributed by atoms with E-state index in [1.165, 1.54) is 25.7 Å². The summed E-state index contributed by atoms with van der Waals surface area (Å²) in [7, 11) is 2.19. The molecule has 4 heteroatoms. The van der Waals surface area contributed by atoms with Gasteiger partial charge in [0.1, 0.15) is 5.82 Å². The van der Waals surface area contributed by atoms with Crippen LogP contribution >= 0.6 is 0 Å². The van der Waals surface area contributed by atoms with Crippen molar-refractivity contribution in [3.63, 3.8) is 0 Å². The third-order valence-electron chi connectivity index (χ3n) is 4.38. The van der Waals surface area contributed by atoms with Gasteiger partial charge in [0.25, 0.3) is 0 Å². The maximum absolute atomic E-state index is 4.72. The summed E-state index contributed by atoms with van der Waals surface area (Å²) in [5.74, 6) is 2.58. The normalized spacial score (nSPS) is 22.6. The minimum Gasteiger partial charge on any atom is -0.356 e. The van der Waals surface area contributed by atoms with Gasteiger partial charge >= 0.3 is 0 Å². The maximum Gasteiger partial charge on any atom is 0.224 e. The highest BCUT2D eigenvalue weighted by Crippen LogP contribution is 2.31. The number of aromatic nitrogens is 2. The molecule has 0 radical (unpaired) electrons. The van der Waals surface area contributed by atoms with Gasteiger partial charge in [0.15, 0.2) is 0 Å². The van der Waals surface area contributed by atoms with Crippen LogP contribution in [-0.4, -0.2) is 29.6 Å². The second kappa shape index (κ2) is 6.91. The molecule has 2 atom stereocenters. The Labute approximate surface area is 123 Å². The first-order chi connectivity index (χ1) is 9.63. The molecule has 1 aromatic heterocycles. The lowest BCUT2D eigenvalue weighted by molar-refractivity contribution is 0.320. The van der Waals surface area contributed by atoms with Crippen LogP contribution in [0.5, 0.6) is 0 Å². The van der Waals surface area contributed by atoms with Crippen LogP contribution in [0.25, 0.3) is 0 Å². The molecular weight excluding hydrogens is 248 g/mol. The lowest BCUT2D eigenvalue weighted by Gasteiger charge is -2.37. The molecule has 1 aliphatic rings. The predicted octanol–water partition coefficient (Wildman–Crippen LogP) is 3.62. The molecule has 0 aliphatic heterocycles. The van der Waals surface area contributed by atoms with E-state index in [2.05, 4.69) is 43.0 Å². The highest BCUT2D eigenvalue weighted by Gasteiger charge is 2.26. The van der Waals surface area contributed by atoms with E-state index in [1.807, 2.05) is 6.20 Å². The number of hydrogen-bond acceptors (Lipinski definition) is 4. The van der Waals surface area contributed by atoms with Gasteiger partial charge in [-0.05, 0) is 32.1 Å². The first-order valence-corrected chi connectivity index (χ1v) is 7.93. The molecule has 1 aromatic rings. The lowest BCUT2D eigenvalue weighted by Crippen LogP contribution is -2.40. The van der Waals surface area contributed by atoms with E-state index in [4.69, 9.17) is 4.98 Å². The first kappa shape index (κ1) is 15.1. The first-order valence-electron chi connectivity index (χ1n) is 7.93. The summed E-state index contributed by atoms with van der Waals surface area (Å²) in [6.45, 7) is 7.54. The Kier molecular flexibility index (Phi) is 5.21. The molecule has 2 rings (SSSR count). The van der Waals surface area contributed by atoms with Crippen molar-refractivity contribution in [2.45, 2.75) is 58.9 Å². The van der Waals surface area contributed by atoms with Crippen LogP contribution in [-0.2, 0) is 0 Å². The molecule has 0 aromatic carbocycles. The molecule has 0 spiro atoms. The minimum absolute atomic E-state index is 0.608. The summed E-state index contributed by atoms with van der Waals surface area (Å²) in [6, 6.07) is 0.608. The molecule has 1 aliphatic carbocycles. The van der Waals surface area contributed by atoms with Gasteiger partial charge in [-0.25, -0.2) is 4.98 Å². The number of anilines is 2. The summed E-state index contributed by atoms with van der Waals surface area (Å²) in [6.07, 6.45) is 8.34. The smallest absolute Gasteiger partial charge is 0.224 e. The van der Waals surface area contributed by atoms with Crippen molar-refractivity contribution in [2.24, 2.45) is 5.92 Å². The minimum atomic E-state index is 0.608. The number of rotatable bonds is 5. The number of hydrogen-bond donors (Lipinski definition) is 1. The Balaban J connectivity index is 2.16. The van der Waals surface area contributed by atoms with E-state index >= 15 is 0 Å². The zero-order chi connectivity index (χ0) is 14.5. The molecule has 20 heavy (non-hydrogen) atoms. The quantitative estimate of drug-likeness (QED) is 0.891. The summed E-state index contributed by atoms with van der Waals surface area (Å²) in [5, 5.41) is 3.28. The number of nitrogens with one attached hydrogen (secondary N) is 1. The lowest BCUT2D eigenvalue weighted by atomic mass is 9.85. The van der Waals surface area contributed by atoms with Gasteiger partial charge in [-0.1, -0.05) is 26.7 Å². The zero-order valence-electron chi connectivity index (χ0n) is 13.3. The number of aryl methyl sites for hydroxylation is 1. The summed E-state index contributed by atoms with van der Waals surface area (Å²) < 4.78 is 0. The largest absolute Gasteiger partial charge is 0.356 e. The fraction of sp³-hybridized carbons (Fsp3) is 0.750. The molecule has 0 saturated heterocycles. The Bertz CT molecular complexity index is 432. The molecule has 2 unspecified atom stereocenters. The molecule has 0 amide bonds. The second-order valence-electron chi connectivity index (χ2n) is 6.07. The zero-order valence-corrected chi connectivity index (χ0v) is 13.3. The fourth-order valence-electron chi connectivity index (χ4n) is 3.14. The van der Waals surface area contributed by atoms with Crippen molar-refractivity contribution in [1.82, 2.24) is 9.97 Å². The average Bonchev–Trinajstić information content (AvgIpc) is 2.46. The van der Waals surface area contributed by atoms with Gasteiger partial charge in [-0.3, -0.25) is 0 Å². The number of nitrogens with zero attached hydrogens (tertiary/aromatic N) is 3. The molecule has 1 saturated carbocycles. The van der Waals surface area contributed by atoms with Crippen LogP contribution in [0, 0.1) is 12.8 Å². The van der Waals surface area contributed by atoms with Gasteiger partial charge in [0, 0.05) is 31.4 Å². The van der Waals surface area contributed by atoms with Crippen LogP contribution < -0.4 is 10.2 Å². The van der Waals surface area contributed by atoms with E-state index in [1.54, 1.807) is 0 Å². The Morgan fingerprint density at radius 1 is 1.35 bits per heavy atom. The summed E-state index contributed by atoms with van der Waals surface area (Å²) in [4.78, 5) is 11.5. The van der Waals surface area contributed by atoms with Crippen molar-refractivity contribution in [3.8, 4) is 0 Å². The van der Waals surface area contributed by atoms with Crippen molar-refractivity contribution in [1.29, 1.82) is 0 Å². The highest BCUT2D eigenvalue weighted by molar-refractivity contribution is 5.49. The topological polar surface area (TPSA) is 41.1 Å².